The van der Waals surface area contributed by atoms with Crippen molar-refractivity contribution >= 4 is 40.2 Å². The first-order valence-electron chi connectivity index (χ1n) is 5.53. The fourth-order valence-corrected chi connectivity index (χ4v) is 2.31. The maximum Gasteiger partial charge on any atom is 0.255 e. The SMILES string of the molecule is Cc1cc(Br)c(F)cc1NC(=O)c1cccc(S)c1. The summed E-state index contributed by atoms with van der Waals surface area (Å²) in [5.41, 5.74) is 1.72. The first-order chi connectivity index (χ1) is 8.97. The molecule has 1 amide bonds. The van der Waals surface area contributed by atoms with Crippen LogP contribution in [0.5, 0.6) is 0 Å². The van der Waals surface area contributed by atoms with E-state index in [1.165, 1.54) is 6.07 Å². The minimum Gasteiger partial charge on any atom is -0.322 e. The van der Waals surface area contributed by atoms with Crippen molar-refractivity contribution in [1.29, 1.82) is 0 Å². The van der Waals surface area contributed by atoms with Gasteiger partial charge in [-0.3, -0.25) is 4.79 Å². The van der Waals surface area contributed by atoms with E-state index in [1.807, 2.05) is 0 Å². The monoisotopic (exact) mass is 339 g/mol. The molecule has 0 unspecified atom stereocenters. The van der Waals surface area contributed by atoms with Crippen LogP contribution in [0.3, 0.4) is 0 Å². The van der Waals surface area contributed by atoms with Gasteiger partial charge in [-0.15, -0.1) is 12.6 Å². The number of hydrogen-bond donors (Lipinski definition) is 2. The summed E-state index contributed by atoms with van der Waals surface area (Å²) in [6, 6.07) is 9.78. The van der Waals surface area contributed by atoms with Crippen molar-refractivity contribution < 1.29 is 9.18 Å². The second-order valence-electron chi connectivity index (χ2n) is 4.09. The molecule has 1 N–H and O–H groups in total. The van der Waals surface area contributed by atoms with Crippen molar-refractivity contribution in [3.63, 3.8) is 0 Å². The van der Waals surface area contributed by atoms with Crippen LogP contribution in [0, 0.1) is 12.7 Å². The minimum atomic E-state index is -0.413. The predicted octanol–water partition coefficient (Wildman–Crippen LogP) is 4.44. The molecule has 0 atom stereocenters. The van der Waals surface area contributed by atoms with Gasteiger partial charge in [0.05, 0.1) is 4.47 Å². The number of thiol groups is 1. The lowest BCUT2D eigenvalue weighted by Gasteiger charge is -2.09. The van der Waals surface area contributed by atoms with Crippen molar-refractivity contribution in [1.82, 2.24) is 0 Å². The first kappa shape index (κ1) is 14.1. The highest BCUT2D eigenvalue weighted by molar-refractivity contribution is 9.10. The number of aryl methyl sites for hydroxylation is 1. The van der Waals surface area contributed by atoms with E-state index in [4.69, 9.17) is 0 Å². The van der Waals surface area contributed by atoms with Gasteiger partial charge < -0.3 is 5.32 Å². The van der Waals surface area contributed by atoms with Gasteiger partial charge in [0.2, 0.25) is 0 Å². The third kappa shape index (κ3) is 3.36. The summed E-state index contributed by atoms with van der Waals surface area (Å²) in [6.07, 6.45) is 0. The molecule has 0 aliphatic heterocycles. The van der Waals surface area contributed by atoms with Crippen LogP contribution in [0.25, 0.3) is 0 Å². The molecule has 0 fully saturated rings. The third-order valence-electron chi connectivity index (χ3n) is 2.62. The second-order valence-corrected chi connectivity index (χ2v) is 5.46. The molecule has 2 nitrogen and oxygen atoms in total. The molecule has 2 aromatic carbocycles. The average Bonchev–Trinajstić information content (AvgIpc) is 2.36. The van der Waals surface area contributed by atoms with Crippen molar-refractivity contribution in [2.75, 3.05) is 5.32 Å². The summed E-state index contributed by atoms with van der Waals surface area (Å²) in [5, 5.41) is 2.69. The van der Waals surface area contributed by atoms with Crippen LogP contribution < -0.4 is 5.32 Å². The third-order valence-corrected chi connectivity index (χ3v) is 3.51. The summed E-state index contributed by atoms with van der Waals surface area (Å²) in [6.45, 7) is 1.80. The molecule has 0 aromatic heterocycles. The van der Waals surface area contributed by atoms with Gasteiger partial charge in [-0.2, -0.15) is 0 Å². The molecule has 5 heteroatoms. The molecule has 0 spiro atoms. The van der Waals surface area contributed by atoms with Gasteiger partial charge in [0.25, 0.3) is 5.91 Å². The van der Waals surface area contributed by atoms with Crippen molar-refractivity contribution in [2.45, 2.75) is 11.8 Å². The van der Waals surface area contributed by atoms with Crippen LogP contribution in [-0.2, 0) is 0 Å². The van der Waals surface area contributed by atoms with Crippen LogP contribution in [0.1, 0.15) is 15.9 Å². The Morgan fingerprint density at radius 3 is 2.74 bits per heavy atom. The fraction of sp³-hybridized carbons (Fsp3) is 0.0714. The topological polar surface area (TPSA) is 29.1 Å². The van der Waals surface area contributed by atoms with Crippen LogP contribution >= 0.6 is 28.6 Å². The lowest BCUT2D eigenvalue weighted by molar-refractivity contribution is 0.102. The van der Waals surface area contributed by atoms with Crippen LogP contribution in [-0.4, -0.2) is 5.91 Å². The van der Waals surface area contributed by atoms with E-state index in [0.717, 1.165) is 5.56 Å². The van der Waals surface area contributed by atoms with Gasteiger partial charge >= 0.3 is 0 Å². The van der Waals surface area contributed by atoms with Crippen LogP contribution in [0.2, 0.25) is 0 Å². The Balaban J connectivity index is 2.27. The summed E-state index contributed by atoms with van der Waals surface area (Å²) in [7, 11) is 0. The molecule has 2 rings (SSSR count). The van der Waals surface area contributed by atoms with Gasteiger partial charge in [-0.25, -0.2) is 4.39 Å². The first-order valence-corrected chi connectivity index (χ1v) is 6.77. The number of amides is 1. The molecule has 0 aliphatic rings. The quantitative estimate of drug-likeness (QED) is 0.778. The van der Waals surface area contributed by atoms with Crippen LogP contribution in [0.4, 0.5) is 10.1 Å². The highest BCUT2D eigenvalue weighted by Crippen LogP contribution is 2.24. The predicted molar refractivity (Wildman–Crippen MR) is 80.5 cm³/mol. The number of rotatable bonds is 2. The summed E-state index contributed by atoms with van der Waals surface area (Å²) in [5.74, 6) is -0.704. The van der Waals surface area contributed by atoms with E-state index in [-0.39, 0.29) is 5.91 Å². The maximum atomic E-state index is 13.5. The second kappa shape index (κ2) is 5.75. The number of carbonyl (C=O) groups is 1. The number of carbonyl (C=O) groups excluding carboxylic acids is 1. The summed E-state index contributed by atoms with van der Waals surface area (Å²) < 4.78 is 13.8. The van der Waals surface area contributed by atoms with E-state index in [1.54, 1.807) is 37.3 Å². The molecule has 2 aromatic rings. The van der Waals surface area contributed by atoms with E-state index in [0.29, 0.717) is 20.6 Å². The average molecular weight is 340 g/mol. The Bertz CT molecular complexity index is 645. The zero-order valence-corrected chi connectivity index (χ0v) is 12.6. The number of halogens is 2. The fourth-order valence-electron chi connectivity index (χ4n) is 1.62. The highest BCUT2D eigenvalue weighted by Gasteiger charge is 2.10. The molecular weight excluding hydrogens is 329 g/mol. The molecule has 98 valence electrons. The number of hydrogen-bond acceptors (Lipinski definition) is 2. The molecule has 0 bridgehead atoms. The smallest absolute Gasteiger partial charge is 0.255 e. The largest absolute Gasteiger partial charge is 0.322 e. The van der Waals surface area contributed by atoms with Crippen LogP contribution in [0.15, 0.2) is 45.8 Å². The molecule has 0 saturated heterocycles. The maximum absolute atomic E-state index is 13.5. The Labute approximate surface area is 124 Å². The molecular formula is C14H11BrFNOS. The highest BCUT2D eigenvalue weighted by atomic mass is 79.9. The van der Waals surface area contributed by atoms with Crippen molar-refractivity contribution in [2.24, 2.45) is 0 Å². The minimum absolute atomic E-state index is 0.291. The van der Waals surface area contributed by atoms with Gasteiger partial charge in [0, 0.05) is 16.1 Å². The van der Waals surface area contributed by atoms with E-state index >= 15 is 0 Å². The molecule has 0 radical (unpaired) electrons. The number of benzene rings is 2. The standard InChI is InChI=1S/C14H11BrFNOS/c1-8-5-11(15)12(16)7-13(8)17-14(18)9-3-2-4-10(19)6-9/h2-7,19H,1H3,(H,17,18). The summed E-state index contributed by atoms with van der Waals surface area (Å²) in [4.78, 5) is 12.7. The molecule has 0 heterocycles. The van der Waals surface area contributed by atoms with E-state index in [2.05, 4.69) is 33.9 Å². The normalized spacial score (nSPS) is 10.3. The van der Waals surface area contributed by atoms with E-state index in [9.17, 15) is 9.18 Å². The Morgan fingerprint density at radius 1 is 1.32 bits per heavy atom. The van der Waals surface area contributed by atoms with Gasteiger partial charge in [-0.05, 0) is 58.7 Å². The van der Waals surface area contributed by atoms with E-state index < -0.39 is 5.82 Å². The Morgan fingerprint density at radius 2 is 2.05 bits per heavy atom. The van der Waals surface area contributed by atoms with Gasteiger partial charge in [0.15, 0.2) is 0 Å². The number of nitrogens with one attached hydrogen (secondary N) is 1. The zero-order valence-electron chi connectivity index (χ0n) is 10.1. The van der Waals surface area contributed by atoms with Crippen molar-refractivity contribution in [3.8, 4) is 0 Å². The number of anilines is 1. The van der Waals surface area contributed by atoms with Gasteiger partial charge in [-0.1, -0.05) is 6.07 Å². The zero-order chi connectivity index (χ0) is 14.0. The molecule has 0 saturated carbocycles. The Hall–Kier alpha value is -1.33. The Kier molecular flexibility index (Phi) is 4.27. The van der Waals surface area contributed by atoms with Gasteiger partial charge in [0.1, 0.15) is 5.82 Å². The lowest BCUT2D eigenvalue weighted by Crippen LogP contribution is -2.13. The summed E-state index contributed by atoms with van der Waals surface area (Å²) >= 11 is 7.28. The molecule has 0 aliphatic carbocycles. The lowest BCUT2D eigenvalue weighted by atomic mass is 10.1. The van der Waals surface area contributed by atoms with Crippen molar-refractivity contribution in [3.05, 3.63) is 57.8 Å². The molecule has 19 heavy (non-hydrogen) atoms.